The normalized spacial score (nSPS) is 11.5. The molecule has 1 heterocycles. The molecule has 2 aromatic carbocycles. The Labute approximate surface area is 161 Å². The number of thiophene rings is 1. The Bertz CT molecular complexity index is 1040. The van der Waals surface area contributed by atoms with Crippen LogP contribution in [0.25, 0.3) is 0 Å². The number of carbonyl (C=O) groups is 1. The standard InChI is InChI=1S/C19H16ClNO3S2/c1-13-7-9-16(11-17(13)20)26(23,24)21-12-15-8-10-18(25-15)19(22)14-5-3-2-4-6-14/h2-11,21H,12H2,1H3. The summed E-state index contributed by atoms with van der Waals surface area (Å²) in [5.74, 6) is -0.0741. The highest BCUT2D eigenvalue weighted by atomic mass is 35.5. The van der Waals surface area contributed by atoms with Crippen molar-refractivity contribution in [1.82, 2.24) is 4.72 Å². The van der Waals surface area contributed by atoms with Gasteiger partial charge in [-0.2, -0.15) is 0 Å². The van der Waals surface area contributed by atoms with Crippen LogP contribution in [0, 0.1) is 6.92 Å². The largest absolute Gasteiger partial charge is 0.288 e. The van der Waals surface area contributed by atoms with Crippen LogP contribution in [-0.2, 0) is 16.6 Å². The molecule has 0 spiro atoms. The fourth-order valence-electron chi connectivity index (χ4n) is 2.32. The summed E-state index contributed by atoms with van der Waals surface area (Å²) in [6.45, 7) is 1.92. The summed E-state index contributed by atoms with van der Waals surface area (Å²) in [4.78, 5) is 13.9. The van der Waals surface area contributed by atoms with Crippen molar-refractivity contribution in [1.29, 1.82) is 0 Å². The average molecular weight is 406 g/mol. The van der Waals surface area contributed by atoms with Gasteiger partial charge in [0.25, 0.3) is 0 Å². The smallest absolute Gasteiger partial charge is 0.240 e. The summed E-state index contributed by atoms with van der Waals surface area (Å²) < 4.78 is 27.3. The number of hydrogen-bond acceptors (Lipinski definition) is 4. The van der Waals surface area contributed by atoms with E-state index >= 15 is 0 Å². The summed E-state index contributed by atoms with van der Waals surface area (Å²) in [5.41, 5.74) is 1.42. The summed E-state index contributed by atoms with van der Waals surface area (Å²) in [7, 11) is -3.67. The van der Waals surface area contributed by atoms with Gasteiger partial charge in [-0.25, -0.2) is 13.1 Å². The minimum absolute atomic E-state index is 0.0741. The third-order valence-corrected chi connectivity index (χ3v) is 6.70. The number of sulfonamides is 1. The van der Waals surface area contributed by atoms with Crippen LogP contribution in [0.4, 0.5) is 0 Å². The Balaban J connectivity index is 1.71. The molecular formula is C19H16ClNO3S2. The molecule has 0 bridgehead atoms. The Morgan fingerprint density at radius 2 is 1.81 bits per heavy atom. The lowest BCUT2D eigenvalue weighted by Crippen LogP contribution is -2.22. The van der Waals surface area contributed by atoms with E-state index in [1.807, 2.05) is 25.1 Å². The molecule has 3 rings (SSSR count). The third-order valence-electron chi connectivity index (χ3n) is 3.81. The molecule has 1 aromatic heterocycles. The topological polar surface area (TPSA) is 63.2 Å². The minimum atomic E-state index is -3.67. The molecule has 0 fully saturated rings. The summed E-state index contributed by atoms with van der Waals surface area (Å²) >= 11 is 7.28. The molecule has 0 unspecified atom stereocenters. The average Bonchev–Trinajstić information content (AvgIpc) is 3.11. The lowest BCUT2D eigenvalue weighted by molar-refractivity contribution is 0.104. The van der Waals surface area contributed by atoms with Gasteiger partial charge in [-0.05, 0) is 36.8 Å². The first-order valence-electron chi connectivity index (χ1n) is 7.81. The molecule has 0 aliphatic rings. The Kier molecular flexibility index (Phi) is 5.58. The first-order valence-corrected chi connectivity index (χ1v) is 10.5. The second kappa shape index (κ2) is 7.72. The molecule has 134 valence electrons. The van der Waals surface area contributed by atoms with E-state index in [1.165, 1.54) is 23.5 Å². The molecule has 0 saturated carbocycles. The van der Waals surface area contributed by atoms with Crippen molar-refractivity contribution in [2.75, 3.05) is 0 Å². The molecule has 0 aliphatic heterocycles. The number of carbonyl (C=O) groups excluding carboxylic acids is 1. The van der Waals surface area contributed by atoms with Crippen LogP contribution in [-0.4, -0.2) is 14.2 Å². The maximum Gasteiger partial charge on any atom is 0.240 e. The number of hydrogen-bond donors (Lipinski definition) is 1. The third kappa shape index (κ3) is 4.22. The van der Waals surface area contributed by atoms with Gasteiger partial charge in [-0.15, -0.1) is 11.3 Å². The van der Waals surface area contributed by atoms with E-state index in [-0.39, 0.29) is 17.2 Å². The summed E-state index contributed by atoms with van der Waals surface area (Å²) in [6.07, 6.45) is 0. The molecule has 4 nitrogen and oxygen atoms in total. The van der Waals surface area contributed by atoms with Crippen LogP contribution in [0.3, 0.4) is 0 Å². The lowest BCUT2D eigenvalue weighted by Gasteiger charge is -2.07. The fraction of sp³-hybridized carbons (Fsp3) is 0.105. The Morgan fingerprint density at radius 3 is 2.50 bits per heavy atom. The molecule has 0 radical (unpaired) electrons. The molecule has 7 heteroatoms. The highest BCUT2D eigenvalue weighted by molar-refractivity contribution is 7.89. The van der Waals surface area contributed by atoms with Gasteiger partial charge in [0.15, 0.2) is 0 Å². The van der Waals surface area contributed by atoms with Crippen molar-refractivity contribution in [2.45, 2.75) is 18.4 Å². The van der Waals surface area contributed by atoms with Crippen LogP contribution in [0.5, 0.6) is 0 Å². The Hall–Kier alpha value is -1.99. The number of rotatable bonds is 6. The predicted molar refractivity (Wildman–Crippen MR) is 104 cm³/mol. The predicted octanol–water partition coefficient (Wildman–Crippen LogP) is 4.42. The zero-order valence-corrected chi connectivity index (χ0v) is 16.3. The van der Waals surface area contributed by atoms with E-state index in [1.54, 1.807) is 30.3 Å². The zero-order valence-electron chi connectivity index (χ0n) is 13.9. The van der Waals surface area contributed by atoms with Crippen LogP contribution in [0.2, 0.25) is 5.02 Å². The highest BCUT2D eigenvalue weighted by Gasteiger charge is 2.16. The zero-order chi connectivity index (χ0) is 18.7. The second-order valence-electron chi connectivity index (χ2n) is 5.70. The van der Waals surface area contributed by atoms with Crippen LogP contribution < -0.4 is 4.72 Å². The second-order valence-corrected chi connectivity index (χ2v) is 9.04. The SMILES string of the molecule is Cc1ccc(S(=O)(=O)NCc2ccc(C(=O)c3ccccc3)s2)cc1Cl. The van der Waals surface area contributed by atoms with E-state index in [4.69, 9.17) is 11.6 Å². The van der Waals surface area contributed by atoms with Crippen molar-refractivity contribution in [2.24, 2.45) is 0 Å². The van der Waals surface area contributed by atoms with Crippen molar-refractivity contribution in [3.63, 3.8) is 0 Å². The van der Waals surface area contributed by atoms with Crippen LogP contribution >= 0.6 is 22.9 Å². The molecule has 3 aromatic rings. The molecule has 1 N–H and O–H groups in total. The maximum absolute atomic E-state index is 12.4. The van der Waals surface area contributed by atoms with E-state index < -0.39 is 10.0 Å². The van der Waals surface area contributed by atoms with Crippen molar-refractivity contribution in [3.8, 4) is 0 Å². The van der Waals surface area contributed by atoms with Crippen molar-refractivity contribution in [3.05, 3.63) is 86.6 Å². The van der Waals surface area contributed by atoms with Crippen LogP contribution in [0.15, 0.2) is 65.6 Å². The first-order chi connectivity index (χ1) is 12.4. The number of halogens is 1. The number of nitrogens with one attached hydrogen (secondary N) is 1. The fourth-order valence-corrected chi connectivity index (χ4v) is 4.60. The van der Waals surface area contributed by atoms with Gasteiger partial charge in [0.2, 0.25) is 15.8 Å². The molecule has 26 heavy (non-hydrogen) atoms. The highest BCUT2D eigenvalue weighted by Crippen LogP contribution is 2.22. The van der Waals surface area contributed by atoms with Gasteiger partial charge in [0, 0.05) is 22.0 Å². The van der Waals surface area contributed by atoms with E-state index in [9.17, 15) is 13.2 Å². The molecule has 0 atom stereocenters. The van der Waals surface area contributed by atoms with Gasteiger partial charge in [0.05, 0.1) is 9.77 Å². The molecular weight excluding hydrogens is 390 g/mol. The van der Waals surface area contributed by atoms with E-state index in [2.05, 4.69) is 4.72 Å². The van der Waals surface area contributed by atoms with Crippen LogP contribution in [0.1, 0.15) is 25.7 Å². The molecule has 0 amide bonds. The van der Waals surface area contributed by atoms with Crippen molar-refractivity contribution < 1.29 is 13.2 Å². The van der Waals surface area contributed by atoms with Gasteiger partial charge < -0.3 is 0 Å². The van der Waals surface area contributed by atoms with E-state index in [0.717, 1.165) is 10.4 Å². The van der Waals surface area contributed by atoms with Gasteiger partial charge in [-0.1, -0.05) is 48.0 Å². The lowest BCUT2D eigenvalue weighted by atomic mass is 10.1. The van der Waals surface area contributed by atoms with Crippen molar-refractivity contribution >= 4 is 38.7 Å². The quantitative estimate of drug-likeness (QED) is 0.617. The van der Waals surface area contributed by atoms with E-state index in [0.29, 0.717) is 15.5 Å². The first kappa shape index (κ1) is 18.8. The number of benzene rings is 2. The minimum Gasteiger partial charge on any atom is -0.288 e. The molecule has 0 saturated heterocycles. The van der Waals surface area contributed by atoms with Gasteiger partial charge in [0.1, 0.15) is 0 Å². The number of ketones is 1. The number of aryl methyl sites for hydroxylation is 1. The molecule has 0 aliphatic carbocycles. The summed E-state index contributed by atoms with van der Waals surface area (Å²) in [6, 6.07) is 17.1. The maximum atomic E-state index is 12.4. The van der Waals surface area contributed by atoms with Gasteiger partial charge >= 0.3 is 0 Å². The monoisotopic (exact) mass is 405 g/mol. The Morgan fingerprint density at radius 1 is 1.08 bits per heavy atom. The summed E-state index contributed by atoms with van der Waals surface area (Å²) in [5, 5.41) is 0.403. The van der Waals surface area contributed by atoms with Gasteiger partial charge in [-0.3, -0.25) is 4.79 Å².